The van der Waals surface area contributed by atoms with Gasteiger partial charge in [-0.25, -0.2) is 0 Å². The van der Waals surface area contributed by atoms with Crippen LogP contribution in [-0.4, -0.2) is 22.4 Å². The molecule has 21 heavy (non-hydrogen) atoms. The highest BCUT2D eigenvalue weighted by Gasteiger charge is 2.07. The summed E-state index contributed by atoms with van der Waals surface area (Å²) >= 11 is 3.57. The van der Waals surface area contributed by atoms with Crippen molar-refractivity contribution in [3.05, 3.63) is 46.2 Å². The van der Waals surface area contributed by atoms with Crippen LogP contribution in [0.25, 0.3) is 0 Å². The topological polar surface area (TPSA) is 53.1 Å². The fourth-order valence-corrected chi connectivity index (χ4v) is 2.52. The summed E-state index contributed by atoms with van der Waals surface area (Å²) in [5, 5.41) is 4.15. The van der Waals surface area contributed by atoms with Crippen LogP contribution in [0.5, 0.6) is 5.75 Å². The second-order valence-electron chi connectivity index (χ2n) is 5.25. The van der Waals surface area contributed by atoms with Crippen molar-refractivity contribution >= 4 is 15.9 Å². The van der Waals surface area contributed by atoms with E-state index < -0.39 is 0 Å². The molecule has 1 aromatic heterocycles. The Balaban J connectivity index is 1.92. The number of aryl methyl sites for hydroxylation is 1. The van der Waals surface area contributed by atoms with Gasteiger partial charge in [-0.1, -0.05) is 22.9 Å². The van der Waals surface area contributed by atoms with E-state index in [2.05, 4.69) is 34.0 Å². The van der Waals surface area contributed by atoms with Gasteiger partial charge in [0.05, 0.1) is 12.8 Å². The molecular weight excluding hydrogens is 330 g/mol. The van der Waals surface area contributed by atoms with Gasteiger partial charge in [0.2, 0.25) is 0 Å². The third-order valence-electron chi connectivity index (χ3n) is 3.44. The van der Waals surface area contributed by atoms with E-state index >= 15 is 0 Å². The molecule has 0 aliphatic rings. The van der Waals surface area contributed by atoms with Crippen molar-refractivity contribution in [2.24, 2.45) is 12.8 Å². The number of ether oxygens (including phenoxy) is 1. The average Bonchev–Trinajstić information content (AvgIpc) is 2.88. The summed E-state index contributed by atoms with van der Waals surface area (Å²) in [6, 6.07) is 6.26. The predicted molar refractivity (Wildman–Crippen MR) is 88.5 cm³/mol. The Hall–Kier alpha value is -1.33. The minimum absolute atomic E-state index is 0.187. The molecule has 114 valence electrons. The first-order valence-electron chi connectivity index (χ1n) is 7.22. The van der Waals surface area contributed by atoms with Gasteiger partial charge in [0.1, 0.15) is 5.75 Å². The van der Waals surface area contributed by atoms with Gasteiger partial charge < -0.3 is 10.5 Å². The Morgan fingerprint density at radius 3 is 2.90 bits per heavy atom. The molecule has 1 heterocycles. The molecule has 0 amide bonds. The van der Waals surface area contributed by atoms with Crippen LogP contribution in [0.1, 0.15) is 24.5 Å². The van der Waals surface area contributed by atoms with E-state index in [4.69, 9.17) is 10.5 Å². The molecule has 0 aliphatic carbocycles. The number of hydrogen-bond acceptors (Lipinski definition) is 3. The van der Waals surface area contributed by atoms with E-state index in [0.29, 0.717) is 6.61 Å². The summed E-state index contributed by atoms with van der Waals surface area (Å²) in [5.74, 6) is 0.889. The second kappa shape index (κ2) is 7.61. The van der Waals surface area contributed by atoms with Crippen molar-refractivity contribution in [2.45, 2.75) is 32.2 Å². The summed E-state index contributed by atoms with van der Waals surface area (Å²) in [5.41, 5.74) is 8.41. The van der Waals surface area contributed by atoms with E-state index in [9.17, 15) is 0 Å². The Bertz CT molecular complexity index is 583. The summed E-state index contributed by atoms with van der Waals surface area (Å²) < 4.78 is 8.73. The first kappa shape index (κ1) is 16.0. The molecule has 1 unspecified atom stereocenters. The standard InChI is InChI=1S/C16H22BrN3O/c1-3-14(18)8-13-9-15(4-5-16(13)17)21-7-6-12-10-19-20(2)11-12/h4-5,9-11,14H,3,6-8,18H2,1-2H3. The average molecular weight is 352 g/mol. The lowest BCUT2D eigenvalue weighted by atomic mass is 10.0. The summed E-state index contributed by atoms with van der Waals surface area (Å²) in [6.07, 6.45) is 6.57. The highest BCUT2D eigenvalue weighted by Crippen LogP contribution is 2.24. The van der Waals surface area contributed by atoms with Crippen molar-refractivity contribution in [1.82, 2.24) is 9.78 Å². The molecule has 0 spiro atoms. The Kier molecular flexibility index (Phi) is 5.82. The second-order valence-corrected chi connectivity index (χ2v) is 6.10. The van der Waals surface area contributed by atoms with Gasteiger partial charge in [-0.05, 0) is 42.2 Å². The molecule has 4 nitrogen and oxygen atoms in total. The monoisotopic (exact) mass is 351 g/mol. The van der Waals surface area contributed by atoms with E-state index in [1.54, 1.807) is 4.68 Å². The molecule has 0 radical (unpaired) electrons. The van der Waals surface area contributed by atoms with Crippen molar-refractivity contribution in [3.63, 3.8) is 0 Å². The quantitative estimate of drug-likeness (QED) is 0.833. The molecule has 0 saturated heterocycles. The zero-order valence-corrected chi connectivity index (χ0v) is 14.1. The van der Waals surface area contributed by atoms with E-state index in [0.717, 1.165) is 29.5 Å². The number of nitrogens with zero attached hydrogens (tertiary/aromatic N) is 2. The number of aromatic nitrogens is 2. The van der Waals surface area contributed by atoms with Gasteiger partial charge in [-0.2, -0.15) is 5.10 Å². The van der Waals surface area contributed by atoms with Crippen LogP contribution in [0.15, 0.2) is 35.1 Å². The molecule has 2 aromatic rings. The van der Waals surface area contributed by atoms with Gasteiger partial charge in [0.25, 0.3) is 0 Å². The number of nitrogens with two attached hydrogens (primary N) is 1. The van der Waals surface area contributed by atoms with Gasteiger partial charge in [-0.3, -0.25) is 4.68 Å². The Morgan fingerprint density at radius 2 is 2.24 bits per heavy atom. The van der Waals surface area contributed by atoms with Crippen molar-refractivity contribution in [2.75, 3.05) is 6.61 Å². The zero-order valence-electron chi connectivity index (χ0n) is 12.6. The van der Waals surface area contributed by atoms with E-state index in [1.807, 2.05) is 31.6 Å². The summed E-state index contributed by atoms with van der Waals surface area (Å²) in [7, 11) is 1.92. The molecule has 2 rings (SSSR count). The highest BCUT2D eigenvalue weighted by molar-refractivity contribution is 9.10. The molecule has 1 atom stereocenters. The van der Waals surface area contributed by atoms with Crippen LogP contribution >= 0.6 is 15.9 Å². The van der Waals surface area contributed by atoms with Crippen LogP contribution in [0.4, 0.5) is 0 Å². The lowest BCUT2D eigenvalue weighted by molar-refractivity contribution is 0.321. The molecule has 0 fully saturated rings. The maximum atomic E-state index is 6.03. The van der Waals surface area contributed by atoms with Crippen LogP contribution in [0, 0.1) is 0 Å². The number of benzene rings is 1. The van der Waals surface area contributed by atoms with Crippen LogP contribution < -0.4 is 10.5 Å². The Labute approximate surface area is 134 Å². The zero-order chi connectivity index (χ0) is 15.2. The predicted octanol–water partition coefficient (Wildman–Crippen LogP) is 3.08. The molecule has 1 aromatic carbocycles. The van der Waals surface area contributed by atoms with Crippen molar-refractivity contribution < 1.29 is 4.74 Å². The fourth-order valence-electron chi connectivity index (χ4n) is 2.11. The first-order valence-corrected chi connectivity index (χ1v) is 8.02. The normalized spacial score (nSPS) is 12.4. The van der Waals surface area contributed by atoms with E-state index in [1.165, 1.54) is 11.1 Å². The molecule has 2 N–H and O–H groups in total. The van der Waals surface area contributed by atoms with Gasteiger partial charge in [0.15, 0.2) is 0 Å². The van der Waals surface area contributed by atoms with Crippen LogP contribution in [0.2, 0.25) is 0 Å². The SMILES string of the molecule is CCC(N)Cc1cc(OCCc2cnn(C)c2)ccc1Br. The molecule has 0 saturated carbocycles. The van der Waals surface area contributed by atoms with Crippen LogP contribution in [-0.2, 0) is 19.9 Å². The fraction of sp³-hybridized carbons (Fsp3) is 0.438. The van der Waals surface area contributed by atoms with Crippen molar-refractivity contribution in [3.8, 4) is 5.75 Å². The van der Waals surface area contributed by atoms with Crippen LogP contribution in [0.3, 0.4) is 0 Å². The molecular formula is C16H22BrN3O. The molecule has 5 heteroatoms. The lowest BCUT2D eigenvalue weighted by Crippen LogP contribution is -2.21. The van der Waals surface area contributed by atoms with Gasteiger partial charge >= 0.3 is 0 Å². The van der Waals surface area contributed by atoms with Crippen molar-refractivity contribution in [1.29, 1.82) is 0 Å². The molecule has 0 bridgehead atoms. The third-order valence-corrected chi connectivity index (χ3v) is 4.22. The Morgan fingerprint density at radius 1 is 1.43 bits per heavy atom. The largest absolute Gasteiger partial charge is 0.493 e. The molecule has 0 aliphatic heterocycles. The number of rotatable bonds is 7. The first-order chi connectivity index (χ1) is 10.1. The highest BCUT2D eigenvalue weighted by atomic mass is 79.9. The minimum atomic E-state index is 0.187. The smallest absolute Gasteiger partial charge is 0.119 e. The minimum Gasteiger partial charge on any atom is -0.493 e. The van der Waals surface area contributed by atoms with E-state index in [-0.39, 0.29) is 6.04 Å². The third kappa shape index (κ3) is 4.86. The number of halogens is 1. The van der Waals surface area contributed by atoms with Gasteiger partial charge in [0, 0.05) is 30.2 Å². The van der Waals surface area contributed by atoms with Gasteiger partial charge in [-0.15, -0.1) is 0 Å². The maximum absolute atomic E-state index is 6.03. The number of hydrogen-bond donors (Lipinski definition) is 1. The summed E-state index contributed by atoms with van der Waals surface area (Å²) in [4.78, 5) is 0. The lowest BCUT2D eigenvalue weighted by Gasteiger charge is -2.12. The maximum Gasteiger partial charge on any atom is 0.119 e. The summed E-state index contributed by atoms with van der Waals surface area (Å²) in [6.45, 7) is 2.75.